The SMILES string of the molecule is COC(=O)CSC1=C(C(N)=O)[C@H](c2ccccc2)[C@H](C#N)C(=O)N1. The molecule has 2 amide bonds. The van der Waals surface area contributed by atoms with Crippen LogP contribution in [0.2, 0.25) is 0 Å². The molecule has 1 aromatic carbocycles. The number of nitrogens with two attached hydrogens (primary N) is 1. The number of nitriles is 1. The fourth-order valence-corrected chi connectivity index (χ4v) is 3.37. The number of nitrogens with one attached hydrogen (secondary N) is 1. The van der Waals surface area contributed by atoms with Crippen molar-refractivity contribution in [2.24, 2.45) is 11.7 Å². The van der Waals surface area contributed by atoms with E-state index in [9.17, 15) is 19.6 Å². The number of carbonyl (C=O) groups excluding carboxylic acids is 3. The Hall–Kier alpha value is -2.79. The van der Waals surface area contributed by atoms with E-state index in [2.05, 4.69) is 10.1 Å². The van der Waals surface area contributed by atoms with Gasteiger partial charge in [-0.05, 0) is 5.56 Å². The van der Waals surface area contributed by atoms with Gasteiger partial charge in [0.25, 0.3) is 0 Å². The van der Waals surface area contributed by atoms with Crippen molar-refractivity contribution in [3.8, 4) is 6.07 Å². The van der Waals surface area contributed by atoms with Crippen molar-refractivity contribution in [2.75, 3.05) is 12.9 Å². The van der Waals surface area contributed by atoms with Crippen LogP contribution in [0.25, 0.3) is 0 Å². The van der Waals surface area contributed by atoms with Crippen LogP contribution in [0.4, 0.5) is 0 Å². The number of amides is 2. The quantitative estimate of drug-likeness (QED) is 0.755. The fourth-order valence-electron chi connectivity index (χ4n) is 2.44. The van der Waals surface area contributed by atoms with E-state index in [1.807, 2.05) is 6.07 Å². The molecule has 124 valence electrons. The topological polar surface area (TPSA) is 122 Å². The molecular weight excluding hydrogens is 330 g/mol. The molecule has 0 unspecified atom stereocenters. The largest absolute Gasteiger partial charge is 0.468 e. The van der Waals surface area contributed by atoms with Gasteiger partial charge in [0, 0.05) is 5.92 Å². The normalized spacial score (nSPS) is 20.1. The molecule has 0 spiro atoms. The number of nitrogens with zero attached hydrogens (tertiary/aromatic N) is 1. The van der Waals surface area contributed by atoms with Crippen molar-refractivity contribution >= 4 is 29.5 Å². The predicted octanol–water partition coefficient (Wildman–Crippen LogP) is 0.643. The minimum absolute atomic E-state index is 0.0956. The molecule has 0 saturated carbocycles. The van der Waals surface area contributed by atoms with Crippen molar-refractivity contribution in [3.05, 3.63) is 46.5 Å². The number of hydrogen-bond donors (Lipinski definition) is 2. The standard InChI is InChI=1S/C16H15N3O4S/c1-23-11(20)8-24-16-13(14(18)21)12(9-5-3-2-4-6-9)10(7-17)15(22)19-16/h2-6,10,12H,8H2,1H3,(H2,18,21)(H,19,22)/t10-,12+/m0/s1. The molecule has 0 aliphatic carbocycles. The van der Waals surface area contributed by atoms with Crippen LogP contribution in [0.3, 0.4) is 0 Å². The molecule has 2 atom stereocenters. The molecule has 1 aromatic rings. The molecule has 2 rings (SSSR count). The molecular formula is C16H15N3O4S. The lowest BCUT2D eigenvalue weighted by Gasteiger charge is -2.30. The zero-order valence-corrected chi connectivity index (χ0v) is 13.6. The van der Waals surface area contributed by atoms with Gasteiger partial charge in [-0.1, -0.05) is 42.1 Å². The third-order valence-electron chi connectivity index (χ3n) is 3.53. The number of benzene rings is 1. The Bertz CT molecular complexity index is 739. The molecule has 0 saturated heterocycles. The summed E-state index contributed by atoms with van der Waals surface area (Å²) in [5, 5.41) is 12.0. The van der Waals surface area contributed by atoms with Gasteiger partial charge in [0.1, 0.15) is 5.92 Å². The molecule has 0 radical (unpaired) electrons. The van der Waals surface area contributed by atoms with Crippen molar-refractivity contribution in [3.63, 3.8) is 0 Å². The van der Waals surface area contributed by atoms with Crippen molar-refractivity contribution < 1.29 is 19.1 Å². The lowest BCUT2D eigenvalue weighted by atomic mass is 9.78. The minimum Gasteiger partial charge on any atom is -0.468 e. The number of thioether (sulfide) groups is 1. The zero-order chi connectivity index (χ0) is 17.7. The van der Waals surface area contributed by atoms with E-state index < -0.39 is 29.6 Å². The molecule has 0 bridgehead atoms. The maximum Gasteiger partial charge on any atom is 0.316 e. The molecule has 1 aliphatic rings. The number of carbonyl (C=O) groups is 3. The van der Waals surface area contributed by atoms with Gasteiger partial charge >= 0.3 is 5.97 Å². The average Bonchev–Trinajstić information content (AvgIpc) is 2.59. The summed E-state index contributed by atoms with van der Waals surface area (Å²) in [7, 11) is 1.24. The third-order valence-corrected chi connectivity index (χ3v) is 4.52. The van der Waals surface area contributed by atoms with Crippen LogP contribution < -0.4 is 11.1 Å². The summed E-state index contributed by atoms with van der Waals surface area (Å²) >= 11 is 0.944. The molecule has 0 fully saturated rings. The Labute approximate surface area is 142 Å². The van der Waals surface area contributed by atoms with E-state index in [1.165, 1.54) is 7.11 Å². The minimum atomic E-state index is -1.09. The highest BCUT2D eigenvalue weighted by Crippen LogP contribution is 2.39. The van der Waals surface area contributed by atoms with Gasteiger partial charge in [0.05, 0.1) is 29.5 Å². The van der Waals surface area contributed by atoms with Crippen LogP contribution in [-0.2, 0) is 19.1 Å². The van der Waals surface area contributed by atoms with Gasteiger partial charge in [0.2, 0.25) is 11.8 Å². The molecule has 0 aromatic heterocycles. The summed E-state index contributed by atoms with van der Waals surface area (Å²) in [5.41, 5.74) is 6.24. The number of rotatable bonds is 5. The number of hydrogen-bond acceptors (Lipinski definition) is 6. The highest BCUT2D eigenvalue weighted by Gasteiger charge is 2.41. The molecule has 8 heteroatoms. The van der Waals surface area contributed by atoms with Crippen molar-refractivity contribution in [1.29, 1.82) is 5.26 Å². The molecule has 24 heavy (non-hydrogen) atoms. The zero-order valence-electron chi connectivity index (χ0n) is 12.8. The van der Waals surface area contributed by atoms with Gasteiger partial charge in [-0.15, -0.1) is 0 Å². The number of esters is 1. The van der Waals surface area contributed by atoms with E-state index in [-0.39, 0.29) is 16.4 Å². The van der Waals surface area contributed by atoms with Crippen LogP contribution >= 0.6 is 11.8 Å². The van der Waals surface area contributed by atoms with E-state index in [1.54, 1.807) is 30.3 Å². The van der Waals surface area contributed by atoms with Gasteiger partial charge in [-0.3, -0.25) is 14.4 Å². The molecule has 1 heterocycles. The van der Waals surface area contributed by atoms with E-state index in [0.29, 0.717) is 5.56 Å². The maximum atomic E-state index is 12.3. The number of methoxy groups -OCH3 is 1. The summed E-state index contributed by atoms with van der Waals surface area (Å²) < 4.78 is 4.55. The van der Waals surface area contributed by atoms with Crippen LogP contribution in [-0.4, -0.2) is 30.6 Å². The Kier molecular flexibility index (Phi) is 5.60. The highest BCUT2D eigenvalue weighted by atomic mass is 32.2. The first-order valence-corrected chi connectivity index (χ1v) is 7.97. The fraction of sp³-hybridized carbons (Fsp3) is 0.250. The predicted molar refractivity (Wildman–Crippen MR) is 87.1 cm³/mol. The van der Waals surface area contributed by atoms with Gasteiger partial charge in [-0.25, -0.2) is 0 Å². The first-order chi connectivity index (χ1) is 11.5. The van der Waals surface area contributed by atoms with E-state index >= 15 is 0 Å². The van der Waals surface area contributed by atoms with E-state index in [0.717, 1.165) is 11.8 Å². The maximum absolute atomic E-state index is 12.3. The Balaban J connectivity index is 2.52. The lowest BCUT2D eigenvalue weighted by Crippen LogP contribution is -2.42. The van der Waals surface area contributed by atoms with Crippen LogP contribution in [0, 0.1) is 17.2 Å². The number of primary amides is 1. The average molecular weight is 345 g/mol. The first-order valence-electron chi connectivity index (χ1n) is 6.98. The van der Waals surface area contributed by atoms with E-state index in [4.69, 9.17) is 5.73 Å². The summed E-state index contributed by atoms with van der Waals surface area (Å²) in [6.07, 6.45) is 0. The molecule has 1 aliphatic heterocycles. The van der Waals surface area contributed by atoms with Gasteiger partial charge in [-0.2, -0.15) is 5.26 Å². The Morgan fingerprint density at radius 3 is 2.58 bits per heavy atom. The second kappa shape index (κ2) is 7.66. The lowest BCUT2D eigenvalue weighted by molar-refractivity contribution is -0.137. The monoisotopic (exact) mass is 345 g/mol. The van der Waals surface area contributed by atoms with Gasteiger partial charge < -0.3 is 15.8 Å². The Morgan fingerprint density at radius 1 is 1.38 bits per heavy atom. The summed E-state index contributed by atoms with van der Waals surface area (Å²) in [6.45, 7) is 0. The summed E-state index contributed by atoms with van der Waals surface area (Å²) in [4.78, 5) is 35.6. The third kappa shape index (κ3) is 3.58. The summed E-state index contributed by atoms with van der Waals surface area (Å²) in [6, 6.07) is 10.7. The highest BCUT2D eigenvalue weighted by molar-refractivity contribution is 8.03. The van der Waals surface area contributed by atoms with Crippen LogP contribution in [0.5, 0.6) is 0 Å². The Morgan fingerprint density at radius 2 is 2.04 bits per heavy atom. The van der Waals surface area contributed by atoms with Crippen LogP contribution in [0.1, 0.15) is 11.5 Å². The second-order valence-electron chi connectivity index (χ2n) is 4.96. The molecule has 3 N–H and O–H groups in total. The van der Waals surface area contributed by atoms with Crippen molar-refractivity contribution in [1.82, 2.24) is 5.32 Å². The van der Waals surface area contributed by atoms with Gasteiger partial charge in [0.15, 0.2) is 0 Å². The first kappa shape index (κ1) is 17.6. The second-order valence-corrected chi connectivity index (χ2v) is 5.94. The van der Waals surface area contributed by atoms with Crippen LogP contribution in [0.15, 0.2) is 40.9 Å². The molecule has 7 nitrogen and oxygen atoms in total. The van der Waals surface area contributed by atoms with Crippen molar-refractivity contribution in [2.45, 2.75) is 5.92 Å². The summed E-state index contributed by atoms with van der Waals surface area (Å²) in [5.74, 6) is -3.77. The number of ether oxygens (including phenoxy) is 1. The smallest absolute Gasteiger partial charge is 0.316 e.